The van der Waals surface area contributed by atoms with Gasteiger partial charge >= 0.3 is 0 Å². The molecule has 1 aliphatic heterocycles. The van der Waals surface area contributed by atoms with Crippen LogP contribution in [0.3, 0.4) is 0 Å². The molecule has 1 heterocycles. The quantitative estimate of drug-likeness (QED) is 0.739. The predicted molar refractivity (Wildman–Crippen MR) is 60.4 cm³/mol. The summed E-state index contributed by atoms with van der Waals surface area (Å²) in [6.07, 6.45) is 4.17. The molecule has 1 saturated carbocycles. The third-order valence-electron chi connectivity index (χ3n) is 4.21. The topological polar surface area (TPSA) is 15.3 Å². The van der Waals surface area contributed by atoms with Gasteiger partial charge in [0.2, 0.25) is 0 Å². The smallest absolute Gasteiger partial charge is 0.0111 e. The highest BCUT2D eigenvalue weighted by atomic mass is 15.2. The molecule has 2 nitrogen and oxygen atoms in total. The summed E-state index contributed by atoms with van der Waals surface area (Å²) in [6, 6.07) is 1.68. The van der Waals surface area contributed by atoms with Gasteiger partial charge in [0, 0.05) is 25.2 Å². The number of nitrogens with one attached hydrogen (secondary N) is 1. The Balaban J connectivity index is 1.73. The molecule has 0 aromatic carbocycles. The summed E-state index contributed by atoms with van der Waals surface area (Å²) in [5, 5.41) is 3.40. The van der Waals surface area contributed by atoms with Gasteiger partial charge in [0.05, 0.1) is 0 Å². The molecule has 0 spiro atoms. The minimum absolute atomic E-state index is 0.790. The van der Waals surface area contributed by atoms with Crippen molar-refractivity contribution >= 4 is 0 Å². The molecule has 1 N–H and O–H groups in total. The van der Waals surface area contributed by atoms with Crippen LogP contribution in [-0.2, 0) is 0 Å². The molecule has 0 radical (unpaired) electrons. The van der Waals surface area contributed by atoms with Gasteiger partial charge in [-0.1, -0.05) is 13.8 Å². The van der Waals surface area contributed by atoms with Gasteiger partial charge in [0.1, 0.15) is 0 Å². The van der Waals surface area contributed by atoms with Crippen LogP contribution >= 0.6 is 0 Å². The number of hydrogen-bond donors (Lipinski definition) is 1. The Morgan fingerprint density at radius 3 is 2.43 bits per heavy atom. The normalized spacial score (nSPS) is 35.1. The molecule has 1 saturated heterocycles. The van der Waals surface area contributed by atoms with Crippen LogP contribution in [0.1, 0.15) is 33.1 Å². The van der Waals surface area contributed by atoms with Crippen molar-refractivity contribution in [1.29, 1.82) is 0 Å². The maximum absolute atomic E-state index is 3.40. The van der Waals surface area contributed by atoms with Gasteiger partial charge in [-0.2, -0.15) is 0 Å². The largest absolute Gasteiger partial charge is 0.317 e. The Morgan fingerprint density at radius 1 is 1.21 bits per heavy atom. The Hall–Kier alpha value is -0.0800. The van der Waals surface area contributed by atoms with Crippen LogP contribution in [0, 0.1) is 11.8 Å². The second-order valence-electron chi connectivity index (χ2n) is 5.41. The van der Waals surface area contributed by atoms with Crippen LogP contribution in [-0.4, -0.2) is 37.1 Å². The molecule has 2 rings (SSSR count). The van der Waals surface area contributed by atoms with E-state index in [2.05, 4.69) is 31.1 Å². The highest BCUT2D eigenvalue weighted by Gasteiger charge is 2.36. The summed E-state index contributed by atoms with van der Waals surface area (Å²) in [5.41, 5.74) is 0. The minimum Gasteiger partial charge on any atom is -0.317 e. The van der Waals surface area contributed by atoms with E-state index in [1.165, 1.54) is 32.4 Å². The van der Waals surface area contributed by atoms with Crippen LogP contribution in [0.25, 0.3) is 0 Å². The third kappa shape index (κ3) is 1.96. The Kier molecular flexibility index (Phi) is 3.13. The summed E-state index contributed by atoms with van der Waals surface area (Å²) >= 11 is 0. The van der Waals surface area contributed by atoms with E-state index in [-0.39, 0.29) is 0 Å². The maximum atomic E-state index is 3.40. The number of nitrogens with zero attached hydrogens (tertiary/aromatic N) is 1. The molecule has 82 valence electrons. The molecular formula is C12H24N2. The minimum atomic E-state index is 0.790. The average molecular weight is 196 g/mol. The second-order valence-corrected chi connectivity index (χ2v) is 5.41. The van der Waals surface area contributed by atoms with Crippen molar-refractivity contribution < 1.29 is 0 Å². The van der Waals surface area contributed by atoms with E-state index >= 15 is 0 Å². The maximum Gasteiger partial charge on any atom is 0.0111 e. The summed E-state index contributed by atoms with van der Waals surface area (Å²) < 4.78 is 0. The van der Waals surface area contributed by atoms with E-state index in [9.17, 15) is 0 Å². The van der Waals surface area contributed by atoms with Gasteiger partial charge in [0.25, 0.3) is 0 Å². The first kappa shape index (κ1) is 10.4. The van der Waals surface area contributed by atoms with Crippen molar-refractivity contribution in [3.63, 3.8) is 0 Å². The van der Waals surface area contributed by atoms with E-state index in [0.29, 0.717) is 0 Å². The molecule has 2 heteroatoms. The molecule has 0 bridgehead atoms. The van der Waals surface area contributed by atoms with Gasteiger partial charge in [-0.15, -0.1) is 0 Å². The fraction of sp³-hybridized carbons (Fsp3) is 1.00. The molecule has 0 amide bonds. The van der Waals surface area contributed by atoms with Crippen LogP contribution in [0.4, 0.5) is 0 Å². The molecule has 0 aromatic rings. The summed E-state index contributed by atoms with van der Waals surface area (Å²) in [7, 11) is 2.10. The first-order valence-electron chi connectivity index (χ1n) is 6.12. The Morgan fingerprint density at radius 2 is 1.93 bits per heavy atom. The van der Waals surface area contributed by atoms with Crippen molar-refractivity contribution in [2.75, 3.05) is 20.1 Å². The predicted octanol–water partition coefficient (Wildman–Crippen LogP) is 1.71. The lowest BCUT2D eigenvalue weighted by molar-refractivity contribution is 0.0294. The van der Waals surface area contributed by atoms with Crippen LogP contribution in [0.2, 0.25) is 0 Å². The van der Waals surface area contributed by atoms with Crippen molar-refractivity contribution in [3.05, 3.63) is 0 Å². The van der Waals surface area contributed by atoms with Crippen molar-refractivity contribution in [2.45, 2.75) is 45.2 Å². The standard InChI is InChI=1S/C12H24N2/c1-9(2)10-7-14(8-10)12-5-4-11(6-12)13-3/h9-13H,4-8H2,1-3H3. The van der Waals surface area contributed by atoms with Crippen molar-refractivity contribution in [2.24, 2.45) is 11.8 Å². The van der Waals surface area contributed by atoms with E-state index in [0.717, 1.165) is 23.9 Å². The molecule has 2 fully saturated rings. The second kappa shape index (κ2) is 4.19. The van der Waals surface area contributed by atoms with Crippen LogP contribution in [0.15, 0.2) is 0 Å². The van der Waals surface area contributed by atoms with Crippen molar-refractivity contribution in [3.8, 4) is 0 Å². The highest BCUT2D eigenvalue weighted by Crippen LogP contribution is 2.32. The van der Waals surface area contributed by atoms with Gasteiger partial charge in [0.15, 0.2) is 0 Å². The zero-order chi connectivity index (χ0) is 10.1. The zero-order valence-electron chi connectivity index (χ0n) is 9.79. The van der Waals surface area contributed by atoms with Gasteiger partial charge in [-0.3, -0.25) is 4.90 Å². The van der Waals surface area contributed by atoms with Crippen molar-refractivity contribution in [1.82, 2.24) is 10.2 Å². The summed E-state index contributed by atoms with van der Waals surface area (Å²) in [4.78, 5) is 2.70. The molecule has 1 aliphatic carbocycles. The molecule has 2 unspecified atom stereocenters. The highest BCUT2D eigenvalue weighted by molar-refractivity contribution is 4.92. The van der Waals surface area contributed by atoms with E-state index in [1.807, 2.05) is 0 Å². The molecule has 2 atom stereocenters. The van der Waals surface area contributed by atoms with Gasteiger partial charge < -0.3 is 5.32 Å². The zero-order valence-corrected chi connectivity index (χ0v) is 9.79. The monoisotopic (exact) mass is 196 g/mol. The lowest BCUT2D eigenvalue weighted by Gasteiger charge is -2.45. The number of rotatable bonds is 3. The third-order valence-corrected chi connectivity index (χ3v) is 4.21. The molecular weight excluding hydrogens is 172 g/mol. The van der Waals surface area contributed by atoms with E-state index in [1.54, 1.807) is 0 Å². The summed E-state index contributed by atoms with van der Waals surface area (Å²) in [5.74, 6) is 1.86. The molecule has 14 heavy (non-hydrogen) atoms. The fourth-order valence-electron chi connectivity index (χ4n) is 2.82. The SMILES string of the molecule is CNC1CCC(N2CC(C(C)C)C2)C1. The lowest BCUT2D eigenvalue weighted by atomic mass is 9.87. The van der Waals surface area contributed by atoms with Crippen LogP contribution in [0.5, 0.6) is 0 Å². The Bertz CT molecular complexity index is 185. The number of hydrogen-bond acceptors (Lipinski definition) is 2. The lowest BCUT2D eigenvalue weighted by Crippen LogP contribution is -2.53. The fourth-order valence-corrected chi connectivity index (χ4v) is 2.82. The molecule has 2 aliphatic rings. The summed E-state index contributed by atoms with van der Waals surface area (Å²) in [6.45, 7) is 7.43. The molecule has 0 aromatic heterocycles. The van der Waals surface area contributed by atoms with E-state index in [4.69, 9.17) is 0 Å². The van der Waals surface area contributed by atoms with Gasteiger partial charge in [-0.25, -0.2) is 0 Å². The first-order chi connectivity index (χ1) is 6.70. The van der Waals surface area contributed by atoms with Gasteiger partial charge in [-0.05, 0) is 38.1 Å². The van der Waals surface area contributed by atoms with E-state index < -0.39 is 0 Å². The number of likely N-dealkylation sites (tertiary alicyclic amines) is 1. The Labute approximate surface area is 88.1 Å². The van der Waals surface area contributed by atoms with Crippen LogP contribution < -0.4 is 5.32 Å². The first-order valence-corrected chi connectivity index (χ1v) is 6.12. The average Bonchev–Trinajstić information content (AvgIpc) is 2.49.